The molecule has 0 aliphatic heterocycles. The largest absolute Gasteiger partial charge is 0.493 e. The van der Waals surface area contributed by atoms with E-state index in [0.29, 0.717) is 12.4 Å². The van der Waals surface area contributed by atoms with E-state index < -0.39 is 0 Å². The van der Waals surface area contributed by atoms with Gasteiger partial charge in [-0.15, -0.1) is 0 Å². The molecule has 0 spiro atoms. The SMILES string of the molecule is CCCNc1ccnc(-c2ccccc2OCC)n1. The zero-order valence-corrected chi connectivity index (χ0v) is 11.4. The number of para-hydroxylation sites is 1. The van der Waals surface area contributed by atoms with Gasteiger partial charge in [-0.1, -0.05) is 19.1 Å². The van der Waals surface area contributed by atoms with Crippen molar-refractivity contribution >= 4 is 5.82 Å². The Labute approximate surface area is 113 Å². The first-order valence-electron chi connectivity index (χ1n) is 6.64. The number of hydrogen-bond acceptors (Lipinski definition) is 4. The molecule has 0 unspecified atom stereocenters. The second-order valence-corrected chi connectivity index (χ2v) is 4.12. The van der Waals surface area contributed by atoms with Crippen LogP contribution in [0.1, 0.15) is 20.3 Å². The standard InChI is InChI=1S/C15H19N3O/c1-3-10-16-14-9-11-17-15(18-14)12-7-5-6-8-13(12)19-4-2/h5-9,11H,3-4,10H2,1-2H3,(H,16,17,18). The summed E-state index contributed by atoms with van der Waals surface area (Å²) in [7, 11) is 0. The van der Waals surface area contributed by atoms with Gasteiger partial charge in [-0.05, 0) is 31.5 Å². The monoisotopic (exact) mass is 257 g/mol. The average molecular weight is 257 g/mol. The third kappa shape index (κ3) is 3.44. The molecule has 1 aromatic heterocycles. The zero-order valence-electron chi connectivity index (χ0n) is 11.4. The van der Waals surface area contributed by atoms with Crippen LogP contribution in [0, 0.1) is 0 Å². The summed E-state index contributed by atoms with van der Waals surface area (Å²) in [6.45, 7) is 5.63. The topological polar surface area (TPSA) is 47.0 Å². The van der Waals surface area contributed by atoms with Crippen molar-refractivity contribution < 1.29 is 4.74 Å². The first kappa shape index (κ1) is 13.3. The molecule has 4 nitrogen and oxygen atoms in total. The van der Waals surface area contributed by atoms with E-state index >= 15 is 0 Å². The van der Waals surface area contributed by atoms with Gasteiger partial charge in [-0.3, -0.25) is 0 Å². The van der Waals surface area contributed by atoms with Gasteiger partial charge in [0.1, 0.15) is 11.6 Å². The Morgan fingerprint density at radius 3 is 2.79 bits per heavy atom. The van der Waals surface area contributed by atoms with Crippen LogP contribution in [-0.2, 0) is 0 Å². The molecule has 0 aliphatic carbocycles. The highest BCUT2D eigenvalue weighted by atomic mass is 16.5. The van der Waals surface area contributed by atoms with Gasteiger partial charge < -0.3 is 10.1 Å². The summed E-state index contributed by atoms with van der Waals surface area (Å²) >= 11 is 0. The van der Waals surface area contributed by atoms with Crippen LogP contribution in [0.25, 0.3) is 11.4 Å². The molecular formula is C15H19N3O. The summed E-state index contributed by atoms with van der Waals surface area (Å²) in [5, 5.41) is 3.26. The molecule has 0 amide bonds. The predicted octanol–water partition coefficient (Wildman–Crippen LogP) is 3.36. The fraction of sp³-hybridized carbons (Fsp3) is 0.333. The molecule has 4 heteroatoms. The second kappa shape index (κ2) is 6.73. The van der Waals surface area contributed by atoms with E-state index in [1.54, 1.807) is 6.20 Å². The van der Waals surface area contributed by atoms with E-state index in [9.17, 15) is 0 Å². The van der Waals surface area contributed by atoms with E-state index in [4.69, 9.17) is 4.74 Å². The molecule has 1 aromatic carbocycles. The van der Waals surface area contributed by atoms with Gasteiger partial charge in [0.2, 0.25) is 0 Å². The Morgan fingerprint density at radius 1 is 1.16 bits per heavy atom. The van der Waals surface area contributed by atoms with Gasteiger partial charge in [0.25, 0.3) is 0 Å². The highest BCUT2D eigenvalue weighted by Gasteiger charge is 2.08. The lowest BCUT2D eigenvalue weighted by Crippen LogP contribution is -2.03. The summed E-state index contributed by atoms with van der Waals surface area (Å²) < 4.78 is 5.61. The minimum Gasteiger partial charge on any atom is -0.493 e. The van der Waals surface area contributed by atoms with Crippen LogP contribution in [0.2, 0.25) is 0 Å². The van der Waals surface area contributed by atoms with Crippen LogP contribution in [0.4, 0.5) is 5.82 Å². The van der Waals surface area contributed by atoms with E-state index in [1.165, 1.54) is 0 Å². The van der Waals surface area contributed by atoms with Gasteiger partial charge >= 0.3 is 0 Å². The van der Waals surface area contributed by atoms with Crippen molar-refractivity contribution in [3.63, 3.8) is 0 Å². The summed E-state index contributed by atoms with van der Waals surface area (Å²) in [5.41, 5.74) is 0.921. The molecular weight excluding hydrogens is 238 g/mol. The third-order valence-corrected chi connectivity index (χ3v) is 2.64. The molecule has 0 fully saturated rings. The molecule has 0 saturated heterocycles. The maximum absolute atomic E-state index is 5.61. The Hall–Kier alpha value is -2.10. The van der Waals surface area contributed by atoms with Gasteiger partial charge in [-0.2, -0.15) is 0 Å². The average Bonchev–Trinajstić information content (AvgIpc) is 2.46. The molecule has 1 heterocycles. The van der Waals surface area contributed by atoms with Gasteiger partial charge in [0.05, 0.1) is 12.2 Å². The van der Waals surface area contributed by atoms with E-state index in [0.717, 1.165) is 30.1 Å². The highest BCUT2D eigenvalue weighted by Crippen LogP contribution is 2.27. The number of hydrogen-bond donors (Lipinski definition) is 1. The fourth-order valence-electron chi connectivity index (χ4n) is 1.77. The van der Waals surface area contributed by atoms with E-state index in [1.807, 2.05) is 37.3 Å². The molecule has 0 atom stereocenters. The third-order valence-electron chi connectivity index (χ3n) is 2.64. The van der Waals surface area contributed by atoms with Crippen LogP contribution in [-0.4, -0.2) is 23.1 Å². The van der Waals surface area contributed by atoms with Crippen LogP contribution < -0.4 is 10.1 Å². The van der Waals surface area contributed by atoms with Gasteiger partial charge in [0, 0.05) is 12.7 Å². The summed E-state index contributed by atoms with van der Waals surface area (Å²) in [6, 6.07) is 9.71. The minimum absolute atomic E-state index is 0.630. The maximum atomic E-state index is 5.61. The smallest absolute Gasteiger partial charge is 0.165 e. The van der Waals surface area contributed by atoms with Crippen LogP contribution in [0.3, 0.4) is 0 Å². The molecule has 2 rings (SSSR count). The summed E-state index contributed by atoms with van der Waals surface area (Å²) in [5.74, 6) is 2.35. The van der Waals surface area contributed by atoms with Crippen molar-refractivity contribution in [1.29, 1.82) is 0 Å². The van der Waals surface area contributed by atoms with Crippen LogP contribution in [0.5, 0.6) is 5.75 Å². The zero-order chi connectivity index (χ0) is 13.5. The normalized spacial score (nSPS) is 10.2. The van der Waals surface area contributed by atoms with Crippen molar-refractivity contribution in [3.8, 4) is 17.1 Å². The Bertz CT molecular complexity index is 528. The first-order chi connectivity index (χ1) is 9.35. The second-order valence-electron chi connectivity index (χ2n) is 4.12. The number of benzene rings is 1. The van der Waals surface area contributed by atoms with Gasteiger partial charge in [0.15, 0.2) is 5.82 Å². The number of nitrogens with one attached hydrogen (secondary N) is 1. The quantitative estimate of drug-likeness (QED) is 0.862. The molecule has 0 aliphatic rings. The number of aromatic nitrogens is 2. The first-order valence-corrected chi connectivity index (χ1v) is 6.64. The lowest BCUT2D eigenvalue weighted by atomic mass is 10.2. The molecule has 100 valence electrons. The van der Waals surface area contributed by atoms with Gasteiger partial charge in [-0.25, -0.2) is 9.97 Å². The van der Waals surface area contributed by atoms with Crippen molar-refractivity contribution in [2.24, 2.45) is 0 Å². The van der Waals surface area contributed by atoms with Crippen molar-refractivity contribution in [2.75, 3.05) is 18.5 Å². The Kier molecular flexibility index (Phi) is 4.72. The Balaban J connectivity index is 2.30. The Morgan fingerprint density at radius 2 is 2.00 bits per heavy atom. The number of anilines is 1. The number of rotatable bonds is 6. The number of nitrogens with zero attached hydrogens (tertiary/aromatic N) is 2. The van der Waals surface area contributed by atoms with Crippen molar-refractivity contribution in [3.05, 3.63) is 36.5 Å². The van der Waals surface area contributed by atoms with E-state index in [-0.39, 0.29) is 0 Å². The van der Waals surface area contributed by atoms with Crippen LogP contribution in [0.15, 0.2) is 36.5 Å². The molecule has 0 saturated carbocycles. The molecule has 2 aromatic rings. The minimum atomic E-state index is 0.630. The van der Waals surface area contributed by atoms with Crippen molar-refractivity contribution in [1.82, 2.24) is 9.97 Å². The van der Waals surface area contributed by atoms with E-state index in [2.05, 4.69) is 22.2 Å². The fourth-order valence-corrected chi connectivity index (χ4v) is 1.77. The summed E-state index contributed by atoms with van der Waals surface area (Å²) in [6.07, 6.45) is 2.83. The molecule has 1 N–H and O–H groups in total. The van der Waals surface area contributed by atoms with Crippen molar-refractivity contribution in [2.45, 2.75) is 20.3 Å². The lowest BCUT2D eigenvalue weighted by Gasteiger charge is -2.10. The molecule has 0 radical (unpaired) electrons. The summed E-state index contributed by atoms with van der Waals surface area (Å²) in [4.78, 5) is 8.85. The number of ether oxygens (including phenoxy) is 1. The molecule has 0 bridgehead atoms. The lowest BCUT2D eigenvalue weighted by molar-refractivity contribution is 0.341. The molecule has 19 heavy (non-hydrogen) atoms. The van der Waals surface area contributed by atoms with Crippen LogP contribution >= 0.6 is 0 Å². The highest BCUT2D eigenvalue weighted by molar-refractivity contribution is 5.65. The maximum Gasteiger partial charge on any atom is 0.165 e. The predicted molar refractivity (Wildman–Crippen MR) is 77.4 cm³/mol.